The van der Waals surface area contributed by atoms with Gasteiger partial charge in [0, 0.05) is 18.8 Å². The summed E-state index contributed by atoms with van der Waals surface area (Å²) in [5.74, 6) is 0. The molecule has 0 saturated carbocycles. The molecule has 1 rings (SSSR count). The predicted molar refractivity (Wildman–Crippen MR) is 48.3 cm³/mol. The van der Waals surface area contributed by atoms with Crippen molar-refractivity contribution in [2.24, 2.45) is 0 Å². The second kappa shape index (κ2) is 4.50. The standard InChI is InChI=1S/C9H18N2/c1-2-3-6-11-7-4-9(10)5-8-11/h10H,2-8H2,1H3. The Morgan fingerprint density at radius 2 is 2.00 bits per heavy atom. The Kier molecular flexibility index (Phi) is 3.57. The first-order valence-corrected chi connectivity index (χ1v) is 4.61. The largest absolute Gasteiger partial charge is 0.310 e. The molecule has 2 nitrogen and oxygen atoms in total. The van der Waals surface area contributed by atoms with E-state index in [1.807, 2.05) is 0 Å². The fourth-order valence-corrected chi connectivity index (χ4v) is 1.43. The second-order valence-electron chi connectivity index (χ2n) is 3.30. The van der Waals surface area contributed by atoms with E-state index in [1.54, 1.807) is 0 Å². The lowest BCUT2D eigenvalue weighted by molar-refractivity contribution is 0.270. The van der Waals surface area contributed by atoms with Crippen LogP contribution in [0.15, 0.2) is 0 Å². The normalized spacial score (nSPS) is 20.6. The molecule has 2 heteroatoms. The highest BCUT2D eigenvalue weighted by molar-refractivity contribution is 5.82. The van der Waals surface area contributed by atoms with Gasteiger partial charge in [-0.05, 0) is 25.8 Å². The van der Waals surface area contributed by atoms with E-state index in [9.17, 15) is 0 Å². The van der Waals surface area contributed by atoms with Crippen molar-refractivity contribution in [3.8, 4) is 0 Å². The van der Waals surface area contributed by atoms with Gasteiger partial charge < -0.3 is 10.3 Å². The maximum absolute atomic E-state index is 7.43. The van der Waals surface area contributed by atoms with Gasteiger partial charge in [-0.1, -0.05) is 13.3 Å². The van der Waals surface area contributed by atoms with Crippen LogP contribution in [-0.4, -0.2) is 30.2 Å². The molecule has 64 valence electrons. The Labute approximate surface area is 69.1 Å². The smallest absolute Gasteiger partial charge is 0.0115 e. The number of nitrogens with zero attached hydrogens (tertiary/aromatic N) is 1. The minimum atomic E-state index is 0.942. The van der Waals surface area contributed by atoms with Crippen molar-refractivity contribution in [3.05, 3.63) is 0 Å². The van der Waals surface area contributed by atoms with Crippen molar-refractivity contribution in [2.45, 2.75) is 32.6 Å². The molecule has 1 fully saturated rings. The lowest BCUT2D eigenvalue weighted by Crippen LogP contribution is -2.34. The quantitative estimate of drug-likeness (QED) is 0.660. The van der Waals surface area contributed by atoms with E-state index >= 15 is 0 Å². The minimum Gasteiger partial charge on any atom is -0.310 e. The van der Waals surface area contributed by atoms with Gasteiger partial charge in [-0.25, -0.2) is 0 Å². The third kappa shape index (κ3) is 3.02. The molecule has 0 unspecified atom stereocenters. The van der Waals surface area contributed by atoms with Crippen LogP contribution in [0.2, 0.25) is 0 Å². The molecule has 0 aliphatic carbocycles. The summed E-state index contributed by atoms with van der Waals surface area (Å²) < 4.78 is 0. The summed E-state index contributed by atoms with van der Waals surface area (Å²) in [4.78, 5) is 2.47. The summed E-state index contributed by atoms with van der Waals surface area (Å²) in [6, 6.07) is 0. The molecule has 1 heterocycles. The molecule has 1 N–H and O–H groups in total. The fraction of sp³-hybridized carbons (Fsp3) is 0.889. The van der Waals surface area contributed by atoms with Gasteiger partial charge in [0.25, 0.3) is 0 Å². The van der Waals surface area contributed by atoms with Crippen LogP contribution in [0.25, 0.3) is 0 Å². The fourth-order valence-electron chi connectivity index (χ4n) is 1.43. The Hall–Kier alpha value is -0.370. The van der Waals surface area contributed by atoms with Gasteiger partial charge in [0.2, 0.25) is 0 Å². The number of rotatable bonds is 3. The first-order valence-electron chi connectivity index (χ1n) is 4.61. The molecule has 1 saturated heterocycles. The first kappa shape index (κ1) is 8.72. The molecular formula is C9H18N2. The van der Waals surface area contributed by atoms with E-state index in [0.29, 0.717) is 0 Å². The van der Waals surface area contributed by atoms with Crippen LogP contribution in [0, 0.1) is 5.41 Å². The van der Waals surface area contributed by atoms with Crippen molar-refractivity contribution in [1.29, 1.82) is 5.41 Å². The van der Waals surface area contributed by atoms with Crippen molar-refractivity contribution < 1.29 is 0 Å². The molecule has 0 aromatic carbocycles. The molecular weight excluding hydrogens is 136 g/mol. The van der Waals surface area contributed by atoms with E-state index in [4.69, 9.17) is 5.41 Å². The average Bonchev–Trinajstić information content (AvgIpc) is 2.04. The summed E-state index contributed by atoms with van der Waals surface area (Å²) in [6.07, 6.45) is 4.61. The number of likely N-dealkylation sites (tertiary alicyclic amines) is 1. The van der Waals surface area contributed by atoms with Gasteiger partial charge in [-0.15, -0.1) is 0 Å². The molecule has 11 heavy (non-hydrogen) atoms. The Morgan fingerprint density at radius 3 is 2.55 bits per heavy atom. The Bertz CT molecular complexity index is 122. The average molecular weight is 154 g/mol. The third-order valence-corrected chi connectivity index (χ3v) is 2.29. The molecule has 0 aromatic heterocycles. The van der Waals surface area contributed by atoms with Crippen LogP contribution in [0.5, 0.6) is 0 Å². The molecule has 0 spiro atoms. The van der Waals surface area contributed by atoms with Crippen molar-refractivity contribution in [1.82, 2.24) is 4.90 Å². The highest BCUT2D eigenvalue weighted by Crippen LogP contribution is 2.06. The second-order valence-corrected chi connectivity index (χ2v) is 3.30. The van der Waals surface area contributed by atoms with Crippen LogP contribution in [0.1, 0.15) is 32.6 Å². The molecule has 0 bridgehead atoms. The molecule has 1 aliphatic heterocycles. The predicted octanol–water partition coefficient (Wildman–Crippen LogP) is 1.90. The highest BCUT2D eigenvalue weighted by Gasteiger charge is 2.11. The number of unbranched alkanes of at least 4 members (excludes halogenated alkanes) is 1. The zero-order valence-corrected chi connectivity index (χ0v) is 7.40. The summed E-state index contributed by atoms with van der Waals surface area (Å²) in [5, 5.41) is 7.43. The zero-order chi connectivity index (χ0) is 8.10. The van der Waals surface area contributed by atoms with E-state index in [0.717, 1.165) is 31.6 Å². The van der Waals surface area contributed by atoms with Crippen molar-refractivity contribution in [3.63, 3.8) is 0 Å². The Balaban J connectivity index is 2.12. The van der Waals surface area contributed by atoms with Crippen molar-refractivity contribution >= 4 is 5.71 Å². The number of hydrogen-bond donors (Lipinski definition) is 1. The van der Waals surface area contributed by atoms with Crippen LogP contribution in [0.4, 0.5) is 0 Å². The summed E-state index contributed by atoms with van der Waals surface area (Å²) in [6.45, 7) is 5.72. The minimum absolute atomic E-state index is 0.942. The van der Waals surface area contributed by atoms with Crippen LogP contribution < -0.4 is 0 Å². The molecule has 0 atom stereocenters. The highest BCUT2D eigenvalue weighted by atomic mass is 15.1. The first-order chi connectivity index (χ1) is 5.33. The number of hydrogen-bond acceptors (Lipinski definition) is 2. The topological polar surface area (TPSA) is 27.1 Å². The van der Waals surface area contributed by atoms with Gasteiger partial charge in [0.15, 0.2) is 0 Å². The van der Waals surface area contributed by atoms with E-state index in [1.165, 1.54) is 19.4 Å². The Morgan fingerprint density at radius 1 is 1.36 bits per heavy atom. The van der Waals surface area contributed by atoms with Gasteiger partial charge >= 0.3 is 0 Å². The lowest BCUT2D eigenvalue weighted by atomic mass is 10.1. The number of nitrogens with one attached hydrogen (secondary N) is 1. The van der Waals surface area contributed by atoms with Crippen LogP contribution in [0.3, 0.4) is 0 Å². The summed E-state index contributed by atoms with van der Waals surface area (Å²) >= 11 is 0. The molecule has 0 radical (unpaired) electrons. The summed E-state index contributed by atoms with van der Waals surface area (Å²) in [7, 11) is 0. The third-order valence-electron chi connectivity index (χ3n) is 2.29. The lowest BCUT2D eigenvalue weighted by Gasteiger charge is -2.26. The van der Waals surface area contributed by atoms with Gasteiger partial charge in [-0.3, -0.25) is 0 Å². The van der Waals surface area contributed by atoms with Crippen LogP contribution >= 0.6 is 0 Å². The molecule has 0 aromatic rings. The van der Waals surface area contributed by atoms with Crippen molar-refractivity contribution in [2.75, 3.05) is 19.6 Å². The van der Waals surface area contributed by atoms with E-state index in [2.05, 4.69) is 11.8 Å². The molecule has 0 amide bonds. The van der Waals surface area contributed by atoms with E-state index in [-0.39, 0.29) is 0 Å². The monoisotopic (exact) mass is 154 g/mol. The van der Waals surface area contributed by atoms with Crippen LogP contribution in [-0.2, 0) is 0 Å². The van der Waals surface area contributed by atoms with Gasteiger partial charge in [0.1, 0.15) is 0 Å². The SMILES string of the molecule is CCCCN1CCC(=N)CC1. The maximum Gasteiger partial charge on any atom is 0.0115 e. The van der Waals surface area contributed by atoms with E-state index < -0.39 is 0 Å². The molecule has 1 aliphatic rings. The zero-order valence-electron chi connectivity index (χ0n) is 7.40. The summed E-state index contributed by atoms with van der Waals surface area (Å²) in [5.41, 5.74) is 0.942. The number of piperidine rings is 1. The van der Waals surface area contributed by atoms with Gasteiger partial charge in [0.05, 0.1) is 0 Å². The maximum atomic E-state index is 7.43. The van der Waals surface area contributed by atoms with Gasteiger partial charge in [-0.2, -0.15) is 0 Å².